The van der Waals surface area contributed by atoms with Gasteiger partial charge in [0.25, 0.3) is 5.89 Å². The van der Waals surface area contributed by atoms with E-state index in [1.807, 2.05) is 0 Å². The summed E-state index contributed by atoms with van der Waals surface area (Å²) in [5, 5.41) is 7.36. The Morgan fingerprint density at radius 1 is 1.35 bits per heavy atom. The lowest BCUT2D eigenvalue weighted by Gasteiger charge is -2.12. The summed E-state index contributed by atoms with van der Waals surface area (Å²) in [6.45, 7) is 1.37. The van der Waals surface area contributed by atoms with Crippen LogP contribution in [-0.4, -0.2) is 43.0 Å². The lowest BCUT2D eigenvalue weighted by atomic mass is 10.2. The van der Waals surface area contributed by atoms with Gasteiger partial charge in [-0.2, -0.15) is 0 Å². The molecule has 0 aliphatic carbocycles. The van der Waals surface area contributed by atoms with Gasteiger partial charge in [0.05, 0.1) is 15.5 Å². The number of hydrogen-bond donors (Lipinski definition) is 0. The molecule has 10 heteroatoms. The van der Waals surface area contributed by atoms with Crippen molar-refractivity contribution in [3.63, 3.8) is 0 Å². The van der Waals surface area contributed by atoms with Crippen molar-refractivity contribution in [3.8, 4) is 0 Å². The van der Waals surface area contributed by atoms with Gasteiger partial charge in [0.1, 0.15) is 0 Å². The third-order valence-electron chi connectivity index (χ3n) is 2.83. The first-order valence-electron chi connectivity index (χ1n) is 6.40. The number of benzene rings is 1. The average Bonchev–Trinajstić information content (AvgIpc) is 2.90. The molecular weight excluding hydrogens is 346 g/mol. The summed E-state index contributed by atoms with van der Waals surface area (Å²) in [7, 11) is -0.910. The Morgan fingerprint density at radius 3 is 2.61 bits per heavy atom. The van der Waals surface area contributed by atoms with Crippen LogP contribution in [0, 0.1) is 6.92 Å². The Labute approximate surface area is 138 Å². The minimum absolute atomic E-state index is 0.0625. The van der Waals surface area contributed by atoms with Gasteiger partial charge in [-0.25, -0.2) is 17.5 Å². The lowest BCUT2D eigenvalue weighted by Crippen LogP contribution is -2.22. The number of halogens is 1. The van der Waals surface area contributed by atoms with Crippen LogP contribution in [0.4, 0.5) is 0 Å². The number of nitrogens with zero attached hydrogens (tertiary/aromatic N) is 3. The number of aromatic nitrogens is 2. The molecule has 0 amide bonds. The minimum atomic E-state index is -3.69. The largest absolute Gasteiger partial charge is 0.452 e. The topological polar surface area (TPSA) is 103 Å². The SMILES string of the molecule is Cc1nnc(COC(=O)c2cc(S(=O)(=O)N(C)C)ccc2Cl)o1. The van der Waals surface area contributed by atoms with E-state index >= 15 is 0 Å². The van der Waals surface area contributed by atoms with Crippen molar-refractivity contribution in [3.05, 3.63) is 40.6 Å². The van der Waals surface area contributed by atoms with Crippen LogP contribution in [0.5, 0.6) is 0 Å². The first kappa shape index (κ1) is 17.4. The second-order valence-electron chi connectivity index (χ2n) is 4.72. The maximum atomic E-state index is 12.1. The van der Waals surface area contributed by atoms with Crippen molar-refractivity contribution < 1.29 is 22.4 Å². The molecule has 2 aromatic rings. The van der Waals surface area contributed by atoms with E-state index in [2.05, 4.69) is 10.2 Å². The maximum absolute atomic E-state index is 12.1. The summed E-state index contributed by atoms with van der Waals surface area (Å²) in [6.07, 6.45) is 0. The van der Waals surface area contributed by atoms with Gasteiger partial charge in [0, 0.05) is 21.0 Å². The molecule has 0 aliphatic heterocycles. The van der Waals surface area contributed by atoms with Crippen molar-refractivity contribution in [2.45, 2.75) is 18.4 Å². The quantitative estimate of drug-likeness (QED) is 0.747. The van der Waals surface area contributed by atoms with Crippen molar-refractivity contribution in [1.29, 1.82) is 0 Å². The molecule has 0 fully saturated rings. The van der Waals surface area contributed by atoms with Crippen LogP contribution >= 0.6 is 11.6 Å². The van der Waals surface area contributed by atoms with Crippen LogP contribution in [0.3, 0.4) is 0 Å². The first-order valence-corrected chi connectivity index (χ1v) is 8.22. The highest BCUT2D eigenvalue weighted by atomic mass is 35.5. The predicted octanol–water partition coefficient (Wildman–Crippen LogP) is 1.64. The molecule has 0 atom stereocenters. The van der Waals surface area contributed by atoms with Gasteiger partial charge >= 0.3 is 5.97 Å². The average molecular weight is 360 g/mol. The Hall–Kier alpha value is -1.97. The van der Waals surface area contributed by atoms with Gasteiger partial charge in [0.2, 0.25) is 15.9 Å². The Balaban J connectivity index is 2.23. The van der Waals surface area contributed by atoms with E-state index in [0.29, 0.717) is 5.89 Å². The molecule has 0 saturated carbocycles. The number of rotatable bonds is 5. The van der Waals surface area contributed by atoms with E-state index in [0.717, 1.165) is 4.31 Å². The van der Waals surface area contributed by atoms with Crippen LogP contribution < -0.4 is 0 Å². The molecule has 124 valence electrons. The van der Waals surface area contributed by atoms with E-state index in [1.165, 1.54) is 32.3 Å². The predicted molar refractivity (Wildman–Crippen MR) is 80.5 cm³/mol. The van der Waals surface area contributed by atoms with Gasteiger partial charge in [-0.15, -0.1) is 10.2 Å². The zero-order chi connectivity index (χ0) is 17.2. The summed E-state index contributed by atoms with van der Waals surface area (Å²) in [4.78, 5) is 12.0. The van der Waals surface area contributed by atoms with E-state index in [9.17, 15) is 13.2 Å². The Bertz CT molecular complexity index is 832. The standard InChI is InChI=1S/C13H14ClN3O5S/c1-8-15-16-12(22-8)7-21-13(18)10-6-9(4-5-11(10)14)23(19,20)17(2)3/h4-6H,7H2,1-3H3. The van der Waals surface area contributed by atoms with E-state index in [-0.39, 0.29) is 28.0 Å². The smallest absolute Gasteiger partial charge is 0.340 e. The number of carbonyl (C=O) groups is 1. The Kier molecular flexibility index (Phi) is 5.03. The molecule has 8 nitrogen and oxygen atoms in total. The van der Waals surface area contributed by atoms with E-state index in [4.69, 9.17) is 20.8 Å². The molecule has 1 aromatic heterocycles. The van der Waals surface area contributed by atoms with Crippen molar-refractivity contribution >= 4 is 27.6 Å². The molecule has 0 aliphatic rings. The van der Waals surface area contributed by atoms with Crippen molar-refractivity contribution in [2.75, 3.05) is 14.1 Å². The summed E-state index contributed by atoms with van der Waals surface area (Å²) >= 11 is 5.95. The molecule has 2 rings (SSSR count). The Morgan fingerprint density at radius 2 is 2.04 bits per heavy atom. The third-order valence-corrected chi connectivity index (χ3v) is 4.97. The number of esters is 1. The van der Waals surface area contributed by atoms with Crippen LogP contribution in [-0.2, 0) is 21.4 Å². The molecule has 1 aromatic carbocycles. The number of aryl methyl sites for hydroxylation is 1. The van der Waals surface area contributed by atoms with Crippen molar-refractivity contribution in [2.24, 2.45) is 0 Å². The molecule has 0 unspecified atom stereocenters. The molecule has 0 N–H and O–H groups in total. The monoisotopic (exact) mass is 359 g/mol. The highest BCUT2D eigenvalue weighted by Crippen LogP contribution is 2.23. The van der Waals surface area contributed by atoms with Crippen molar-refractivity contribution in [1.82, 2.24) is 14.5 Å². The minimum Gasteiger partial charge on any atom is -0.452 e. The van der Waals surface area contributed by atoms with Crippen LogP contribution in [0.2, 0.25) is 5.02 Å². The van der Waals surface area contributed by atoms with Gasteiger partial charge in [-0.1, -0.05) is 11.6 Å². The highest BCUT2D eigenvalue weighted by Gasteiger charge is 2.21. The fourth-order valence-electron chi connectivity index (χ4n) is 1.63. The van der Waals surface area contributed by atoms with Gasteiger partial charge in [-0.05, 0) is 18.2 Å². The number of ether oxygens (including phenoxy) is 1. The molecule has 0 spiro atoms. The second-order valence-corrected chi connectivity index (χ2v) is 7.28. The molecular formula is C13H14ClN3O5S. The van der Waals surface area contributed by atoms with Crippen LogP contribution in [0.1, 0.15) is 22.1 Å². The lowest BCUT2D eigenvalue weighted by molar-refractivity contribution is 0.0436. The molecule has 0 saturated heterocycles. The summed E-state index contributed by atoms with van der Waals surface area (Å²) < 4.78 is 35.3. The van der Waals surface area contributed by atoms with Gasteiger partial charge in [0.15, 0.2) is 6.61 Å². The fraction of sp³-hybridized carbons (Fsp3) is 0.308. The van der Waals surface area contributed by atoms with Crippen LogP contribution in [0.25, 0.3) is 0 Å². The summed E-state index contributed by atoms with van der Waals surface area (Å²) in [5.41, 5.74) is -0.0640. The summed E-state index contributed by atoms with van der Waals surface area (Å²) in [5.74, 6) is -0.321. The summed E-state index contributed by atoms with van der Waals surface area (Å²) in [6, 6.07) is 3.81. The normalized spacial score (nSPS) is 11.7. The zero-order valence-corrected chi connectivity index (χ0v) is 14.2. The van der Waals surface area contributed by atoms with Gasteiger partial charge in [-0.3, -0.25) is 0 Å². The molecule has 0 radical (unpaired) electrons. The number of carbonyl (C=O) groups excluding carboxylic acids is 1. The van der Waals surface area contributed by atoms with Gasteiger partial charge < -0.3 is 9.15 Å². The molecule has 1 heterocycles. The number of sulfonamides is 1. The second kappa shape index (κ2) is 6.65. The third kappa shape index (κ3) is 3.87. The fourth-order valence-corrected chi connectivity index (χ4v) is 2.76. The van der Waals surface area contributed by atoms with Crippen LogP contribution in [0.15, 0.2) is 27.5 Å². The molecule has 0 bridgehead atoms. The zero-order valence-electron chi connectivity index (χ0n) is 12.6. The maximum Gasteiger partial charge on any atom is 0.340 e. The molecule has 23 heavy (non-hydrogen) atoms. The highest BCUT2D eigenvalue weighted by molar-refractivity contribution is 7.89. The van der Waals surface area contributed by atoms with E-state index < -0.39 is 16.0 Å². The first-order chi connectivity index (χ1) is 10.7. The van der Waals surface area contributed by atoms with E-state index in [1.54, 1.807) is 6.92 Å². The number of hydrogen-bond acceptors (Lipinski definition) is 7.